The van der Waals surface area contributed by atoms with Crippen molar-refractivity contribution >= 4 is 5.69 Å². The third-order valence-electron chi connectivity index (χ3n) is 2.61. The zero-order chi connectivity index (χ0) is 12.4. The van der Waals surface area contributed by atoms with Crippen LogP contribution in [0.15, 0.2) is 36.4 Å². The maximum atomic E-state index is 13.3. The van der Waals surface area contributed by atoms with Crippen molar-refractivity contribution in [1.29, 1.82) is 0 Å². The standard InChI is InChI=1S/C14H14FNO/c1-9-5-11(7-12(15)6-9)10-3-4-14(17-2)13(16)8-10/h3-8H,16H2,1-2H3. The highest BCUT2D eigenvalue weighted by molar-refractivity contribution is 5.71. The molecule has 0 saturated heterocycles. The number of benzene rings is 2. The first-order valence-corrected chi connectivity index (χ1v) is 5.31. The van der Waals surface area contributed by atoms with Gasteiger partial charge in [0, 0.05) is 0 Å². The molecule has 2 aromatic rings. The molecule has 0 fully saturated rings. The number of methoxy groups -OCH3 is 1. The molecule has 17 heavy (non-hydrogen) atoms. The molecule has 0 aliphatic heterocycles. The van der Waals surface area contributed by atoms with E-state index in [0.717, 1.165) is 16.7 Å². The zero-order valence-corrected chi connectivity index (χ0v) is 9.83. The largest absolute Gasteiger partial charge is 0.495 e. The first kappa shape index (κ1) is 11.5. The number of nitrogens with two attached hydrogens (primary N) is 1. The van der Waals surface area contributed by atoms with Crippen LogP contribution in [0, 0.1) is 12.7 Å². The van der Waals surface area contributed by atoms with Crippen molar-refractivity contribution in [2.45, 2.75) is 6.92 Å². The van der Waals surface area contributed by atoms with Gasteiger partial charge < -0.3 is 10.5 Å². The van der Waals surface area contributed by atoms with Crippen molar-refractivity contribution in [2.24, 2.45) is 0 Å². The van der Waals surface area contributed by atoms with Crippen molar-refractivity contribution in [3.05, 3.63) is 47.8 Å². The van der Waals surface area contributed by atoms with E-state index in [1.165, 1.54) is 12.1 Å². The van der Waals surface area contributed by atoms with Gasteiger partial charge >= 0.3 is 0 Å². The Labute approximate surface area is 99.8 Å². The fraction of sp³-hybridized carbons (Fsp3) is 0.143. The number of aryl methyl sites for hydroxylation is 1. The molecular weight excluding hydrogens is 217 g/mol. The fourth-order valence-corrected chi connectivity index (χ4v) is 1.82. The fourth-order valence-electron chi connectivity index (χ4n) is 1.82. The first-order valence-electron chi connectivity index (χ1n) is 5.31. The van der Waals surface area contributed by atoms with Gasteiger partial charge in [-0.05, 0) is 47.9 Å². The number of anilines is 1. The lowest BCUT2D eigenvalue weighted by atomic mass is 10.0. The lowest BCUT2D eigenvalue weighted by Crippen LogP contribution is -1.93. The molecule has 3 heteroatoms. The smallest absolute Gasteiger partial charge is 0.141 e. The van der Waals surface area contributed by atoms with Crippen LogP contribution in [-0.4, -0.2) is 7.11 Å². The highest BCUT2D eigenvalue weighted by Gasteiger charge is 2.04. The first-order chi connectivity index (χ1) is 8.10. The van der Waals surface area contributed by atoms with Gasteiger partial charge in [-0.15, -0.1) is 0 Å². The molecule has 0 radical (unpaired) electrons. The average Bonchev–Trinajstić information content (AvgIpc) is 2.27. The highest BCUT2D eigenvalue weighted by atomic mass is 19.1. The van der Waals surface area contributed by atoms with E-state index in [9.17, 15) is 4.39 Å². The summed E-state index contributed by atoms with van der Waals surface area (Å²) in [6, 6.07) is 10.3. The quantitative estimate of drug-likeness (QED) is 0.804. The van der Waals surface area contributed by atoms with Crippen LogP contribution in [-0.2, 0) is 0 Å². The summed E-state index contributed by atoms with van der Waals surface area (Å²) in [7, 11) is 1.57. The molecule has 0 amide bonds. The average molecular weight is 231 g/mol. The third kappa shape index (κ3) is 2.38. The van der Waals surface area contributed by atoms with E-state index in [2.05, 4.69) is 0 Å². The Bertz CT molecular complexity index is 532. The van der Waals surface area contributed by atoms with Gasteiger partial charge in [-0.25, -0.2) is 4.39 Å². The molecule has 0 heterocycles. The van der Waals surface area contributed by atoms with Crippen molar-refractivity contribution < 1.29 is 9.13 Å². The molecule has 2 N–H and O–H groups in total. The van der Waals surface area contributed by atoms with Crippen molar-refractivity contribution in [2.75, 3.05) is 12.8 Å². The molecule has 0 atom stereocenters. The molecular formula is C14H14FNO. The summed E-state index contributed by atoms with van der Waals surface area (Å²) in [6.45, 7) is 1.86. The maximum absolute atomic E-state index is 13.3. The topological polar surface area (TPSA) is 35.2 Å². The van der Waals surface area contributed by atoms with E-state index in [-0.39, 0.29) is 5.82 Å². The van der Waals surface area contributed by atoms with Gasteiger partial charge in [0.15, 0.2) is 0 Å². The lowest BCUT2D eigenvalue weighted by Gasteiger charge is -2.08. The van der Waals surface area contributed by atoms with E-state index < -0.39 is 0 Å². The highest BCUT2D eigenvalue weighted by Crippen LogP contribution is 2.29. The molecule has 0 unspecified atom stereocenters. The number of hydrogen-bond donors (Lipinski definition) is 1. The maximum Gasteiger partial charge on any atom is 0.141 e. The minimum atomic E-state index is -0.241. The lowest BCUT2D eigenvalue weighted by molar-refractivity contribution is 0.417. The van der Waals surface area contributed by atoms with Crippen LogP contribution in [0.2, 0.25) is 0 Å². The number of rotatable bonds is 2. The van der Waals surface area contributed by atoms with Crippen LogP contribution in [0.3, 0.4) is 0 Å². The number of halogens is 1. The molecule has 0 aliphatic rings. The summed E-state index contributed by atoms with van der Waals surface area (Å²) in [6.07, 6.45) is 0. The number of hydrogen-bond acceptors (Lipinski definition) is 2. The van der Waals surface area contributed by atoms with Gasteiger partial charge in [0.1, 0.15) is 11.6 Å². The second-order valence-electron chi connectivity index (χ2n) is 3.97. The van der Waals surface area contributed by atoms with Crippen molar-refractivity contribution in [3.63, 3.8) is 0 Å². The van der Waals surface area contributed by atoms with Gasteiger partial charge in [0.2, 0.25) is 0 Å². The normalized spacial score (nSPS) is 10.3. The molecule has 0 aliphatic carbocycles. The summed E-state index contributed by atoms with van der Waals surface area (Å²) >= 11 is 0. The molecule has 0 spiro atoms. The molecule has 0 aromatic heterocycles. The van der Waals surface area contributed by atoms with E-state index in [4.69, 9.17) is 10.5 Å². The SMILES string of the molecule is COc1ccc(-c2cc(C)cc(F)c2)cc1N. The van der Waals surface area contributed by atoms with Crippen LogP contribution >= 0.6 is 0 Å². The Morgan fingerprint density at radius 2 is 1.82 bits per heavy atom. The van der Waals surface area contributed by atoms with Crippen LogP contribution in [0.1, 0.15) is 5.56 Å². The number of ether oxygens (including phenoxy) is 1. The van der Waals surface area contributed by atoms with Gasteiger partial charge in [-0.2, -0.15) is 0 Å². The Balaban J connectivity index is 2.49. The third-order valence-corrected chi connectivity index (χ3v) is 2.61. The van der Waals surface area contributed by atoms with Crippen molar-refractivity contribution in [3.8, 4) is 16.9 Å². The van der Waals surface area contributed by atoms with E-state index in [1.807, 2.05) is 19.1 Å². The summed E-state index contributed by atoms with van der Waals surface area (Å²) < 4.78 is 18.4. The van der Waals surface area contributed by atoms with Gasteiger partial charge in [0.05, 0.1) is 12.8 Å². The molecule has 88 valence electrons. The second kappa shape index (κ2) is 4.45. The van der Waals surface area contributed by atoms with Crippen LogP contribution in [0.4, 0.5) is 10.1 Å². The monoisotopic (exact) mass is 231 g/mol. The Hall–Kier alpha value is -2.03. The molecule has 2 aromatic carbocycles. The second-order valence-corrected chi connectivity index (χ2v) is 3.97. The minimum absolute atomic E-state index is 0.241. The Morgan fingerprint density at radius 3 is 2.41 bits per heavy atom. The zero-order valence-electron chi connectivity index (χ0n) is 9.83. The molecule has 2 rings (SSSR count). The van der Waals surface area contributed by atoms with Gasteiger partial charge in [0.25, 0.3) is 0 Å². The predicted molar refractivity (Wildman–Crippen MR) is 67.5 cm³/mol. The Morgan fingerprint density at radius 1 is 1.06 bits per heavy atom. The van der Waals surface area contributed by atoms with Gasteiger partial charge in [-0.3, -0.25) is 0 Å². The van der Waals surface area contributed by atoms with E-state index in [0.29, 0.717) is 11.4 Å². The predicted octanol–water partition coefficient (Wildman–Crippen LogP) is 3.39. The molecule has 0 bridgehead atoms. The summed E-state index contributed by atoms with van der Waals surface area (Å²) in [5.74, 6) is 0.385. The van der Waals surface area contributed by atoms with Gasteiger partial charge in [-0.1, -0.05) is 12.1 Å². The van der Waals surface area contributed by atoms with Crippen LogP contribution in [0.25, 0.3) is 11.1 Å². The number of nitrogen functional groups attached to an aromatic ring is 1. The van der Waals surface area contributed by atoms with Crippen LogP contribution in [0.5, 0.6) is 5.75 Å². The summed E-state index contributed by atoms with van der Waals surface area (Å²) in [5.41, 5.74) is 8.96. The van der Waals surface area contributed by atoms with E-state index >= 15 is 0 Å². The summed E-state index contributed by atoms with van der Waals surface area (Å²) in [5, 5.41) is 0. The molecule has 0 saturated carbocycles. The summed E-state index contributed by atoms with van der Waals surface area (Å²) in [4.78, 5) is 0. The van der Waals surface area contributed by atoms with Crippen molar-refractivity contribution in [1.82, 2.24) is 0 Å². The minimum Gasteiger partial charge on any atom is -0.495 e. The molecule has 2 nitrogen and oxygen atoms in total. The van der Waals surface area contributed by atoms with E-state index in [1.54, 1.807) is 19.2 Å². The van der Waals surface area contributed by atoms with Crippen LogP contribution < -0.4 is 10.5 Å². The Kier molecular flexibility index (Phi) is 3.00.